The molecule has 148 valence electrons. The van der Waals surface area contributed by atoms with Gasteiger partial charge in [0.15, 0.2) is 0 Å². The summed E-state index contributed by atoms with van der Waals surface area (Å²) in [4.78, 5) is 38.0. The van der Waals surface area contributed by atoms with Crippen molar-refractivity contribution in [2.75, 3.05) is 18.1 Å². The normalized spacial score (nSPS) is 11.5. The van der Waals surface area contributed by atoms with Crippen LogP contribution in [0.1, 0.15) is 25.0 Å². The predicted octanol–water partition coefficient (Wildman–Crippen LogP) is 3.68. The number of carbonyl (C=O) groups is 2. The number of para-hydroxylation sites is 1. The molecule has 1 atom stereocenters. The number of carbonyl (C=O) groups excluding carboxylic acids is 2. The molecule has 0 N–H and O–H groups in total. The van der Waals surface area contributed by atoms with Gasteiger partial charge in [-0.2, -0.15) is 0 Å². The lowest BCUT2D eigenvalue weighted by Crippen LogP contribution is -2.41. The first-order valence-corrected chi connectivity index (χ1v) is 9.16. The third-order valence-electron chi connectivity index (χ3n) is 4.43. The SMILES string of the molecule is CCOC(=O)C(Cc1ccc(C)c([N+](=O)[O-])c1)C(=O)N(CC)c1ccccc1. The van der Waals surface area contributed by atoms with E-state index in [2.05, 4.69) is 0 Å². The fourth-order valence-corrected chi connectivity index (χ4v) is 2.99. The van der Waals surface area contributed by atoms with Crippen LogP contribution in [0.2, 0.25) is 0 Å². The van der Waals surface area contributed by atoms with Crippen molar-refractivity contribution in [1.82, 2.24) is 0 Å². The number of amides is 1. The number of anilines is 1. The number of rotatable bonds is 8. The molecule has 0 aromatic heterocycles. The summed E-state index contributed by atoms with van der Waals surface area (Å²) < 4.78 is 5.11. The number of aryl methyl sites for hydroxylation is 1. The zero-order valence-corrected chi connectivity index (χ0v) is 16.3. The Kier molecular flexibility index (Phi) is 7.26. The average molecular weight is 384 g/mol. The summed E-state index contributed by atoms with van der Waals surface area (Å²) in [6.07, 6.45) is 0.0299. The third kappa shape index (κ3) is 4.94. The van der Waals surface area contributed by atoms with E-state index in [1.54, 1.807) is 38.1 Å². The lowest BCUT2D eigenvalue weighted by atomic mass is 9.96. The van der Waals surface area contributed by atoms with Gasteiger partial charge in [0, 0.05) is 23.9 Å². The second-order valence-electron chi connectivity index (χ2n) is 6.30. The van der Waals surface area contributed by atoms with E-state index in [4.69, 9.17) is 4.74 Å². The van der Waals surface area contributed by atoms with E-state index in [0.29, 0.717) is 23.4 Å². The van der Waals surface area contributed by atoms with Crippen molar-refractivity contribution in [1.29, 1.82) is 0 Å². The van der Waals surface area contributed by atoms with Gasteiger partial charge in [-0.25, -0.2) is 0 Å². The largest absolute Gasteiger partial charge is 0.465 e. The van der Waals surface area contributed by atoms with Crippen LogP contribution in [0.15, 0.2) is 48.5 Å². The fraction of sp³-hybridized carbons (Fsp3) is 0.333. The molecule has 2 aromatic rings. The van der Waals surface area contributed by atoms with Gasteiger partial charge in [0.1, 0.15) is 5.92 Å². The summed E-state index contributed by atoms with van der Waals surface area (Å²) >= 11 is 0. The molecule has 2 rings (SSSR count). The van der Waals surface area contributed by atoms with E-state index in [-0.39, 0.29) is 18.7 Å². The highest BCUT2D eigenvalue weighted by Gasteiger charge is 2.32. The van der Waals surface area contributed by atoms with Crippen LogP contribution >= 0.6 is 0 Å². The molecule has 0 saturated heterocycles. The molecular weight excluding hydrogens is 360 g/mol. The summed E-state index contributed by atoms with van der Waals surface area (Å²) in [7, 11) is 0. The standard InChI is InChI=1S/C21H24N2O5/c1-4-22(17-9-7-6-8-10-17)20(24)18(21(25)28-5-2)13-16-12-11-15(3)19(14-16)23(26)27/h6-12,14,18H,4-5,13H2,1-3H3. The van der Waals surface area contributed by atoms with E-state index in [0.717, 1.165) is 0 Å². The monoisotopic (exact) mass is 384 g/mol. The van der Waals surface area contributed by atoms with Crippen LogP contribution < -0.4 is 4.90 Å². The van der Waals surface area contributed by atoms with E-state index >= 15 is 0 Å². The number of nitrogens with zero attached hydrogens (tertiary/aromatic N) is 2. The van der Waals surface area contributed by atoms with Gasteiger partial charge >= 0.3 is 5.97 Å². The summed E-state index contributed by atoms with van der Waals surface area (Å²) in [6.45, 7) is 5.67. The summed E-state index contributed by atoms with van der Waals surface area (Å²) in [5, 5.41) is 11.2. The van der Waals surface area contributed by atoms with Crippen LogP contribution in [0.5, 0.6) is 0 Å². The molecule has 0 aliphatic rings. The van der Waals surface area contributed by atoms with Crippen LogP contribution in [0, 0.1) is 23.0 Å². The maximum atomic E-state index is 13.2. The van der Waals surface area contributed by atoms with Gasteiger partial charge in [0.05, 0.1) is 11.5 Å². The Morgan fingerprint density at radius 2 is 1.82 bits per heavy atom. The van der Waals surface area contributed by atoms with Crippen LogP contribution in [-0.2, 0) is 20.7 Å². The first-order chi connectivity index (χ1) is 13.4. The molecule has 0 saturated carbocycles. The molecule has 0 aliphatic heterocycles. The molecule has 28 heavy (non-hydrogen) atoms. The zero-order chi connectivity index (χ0) is 20.7. The minimum Gasteiger partial charge on any atom is -0.465 e. The van der Waals surface area contributed by atoms with Crippen LogP contribution in [0.3, 0.4) is 0 Å². The molecule has 0 fully saturated rings. The topological polar surface area (TPSA) is 89.7 Å². The van der Waals surface area contributed by atoms with Crippen molar-refractivity contribution in [2.24, 2.45) is 5.92 Å². The first kappa shape index (κ1) is 21.1. The Morgan fingerprint density at radius 1 is 1.14 bits per heavy atom. The number of nitro benzene ring substituents is 1. The number of hydrogen-bond donors (Lipinski definition) is 0. The average Bonchev–Trinajstić information content (AvgIpc) is 2.68. The number of hydrogen-bond acceptors (Lipinski definition) is 5. The van der Waals surface area contributed by atoms with Crippen molar-refractivity contribution >= 4 is 23.3 Å². The van der Waals surface area contributed by atoms with E-state index in [1.165, 1.54) is 11.0 Å². The molecule has 0 aliphatic carbocycles. The molecule has 2 aromatic carbocycles. The summed E-state index contributed by atoms with van der Waals surface area (Å²) in [5.74, 6) is -2.11. The van der Waals surface area contributed by atoms with E-state index in [9.17, 15) is 19.7 Å². The first-order valence-electron chi connectivity index (χ1n) is 9.16. The van der Waals surface area contributed by atoms with Crippen molar-refractivity contribution in [3.8, 4) is 0 Å². The molecule has 0 spiro atoms. The Balaban J connectivity index is 2.37. The molecular formula is C21H24N2O5. The Labute approximate surface area is 164 Å². The Morgan fingerprint density at radius 3 is 2.39 bits per heavy atom. The second-order valence-corrected chi connectivity index (χ2v) is 6.30. The van der Waals surface area contributed by atoms with Gasteiger partial charge in [-0.3, -0.25) is 19.7 Å². The zero-order valence-electron chi connectivity index (χ0n) is 16.3. The quantitative estimate of drug-likeness (QED) is 0.300. The molecule has 1 amide bonds. The molecule has 0 heterocycles. The third-order valence-corrected chi connectivity index (χ3v) is 4.43. The Hall–Kier alpha value is -3.22. The molecule has 7 nitrogen and oxygen atoms in total. The van der Waals surface area contributed by atoms with Gasteiger partial charge < -0.3 is 9.64 Å². The van der Waals surface area contributed by atoms with Crippen molar-refractivity contribution in [2.45, 2.75) is 27.2 Å². The van der Waals surface area contributed by atoms with Crippen molar-refractivity contribution < 1.29 is 19.2 Å². The molecule has 0 radical (unpaired) electrons. The van der Waals surface area contributed by atoms with Crippen LogP contribution in [-0.4, -0.2) is 30.0 Å². The highest BCUT2D eigenvalue weighted by atomic mass is 16.6. The number of esters is 1. The maximum absolute atomic E-state index is 13.2. The van der Waals surface area contributed by atoms with E-state index < -0.39 is 22.7 Å². The smallest absolute Gasteiger partial charge is 0.318 e. The maximum Gasteiger partial charge on any atom is 0.318 e. The number of ether oxygens (including phenoxy) is 1. The lowest BCUT2D eigenvalue weighted by Gasteiger charge is -2.25. The minimum absolute atomic E-state index is 0.0299. The molecule has 7 heteroatoms. The highest BCUT2D eigenvalue weighted by Crippen LogP contribution is 2.24. The van der Waals surface area contributed by atoms with E-state index in [1.807, 2.05) is 25.1 Å². The molecule has 1 unspecified atom stereocenters. The fourth-order valence-electron chi connectivity index (χ4n) is 2.99. The van der Waals surface area contributed by atoms with Gasteiger partial charge in [0.25, 0.3) is 5.69 Å². The number of nitro groups is 1. The predicted molar refractivity (Wildman–Crippen MR) is 106 cm³/mol. The Bertz CT molecular complexity index is 851. The summed E-state index contributed by atoms with van der Waals surface area (Å²) in [5.41, 5.74) is 1.70. The lowest BCUT2D eigenvalue weighted by molar-refractivity contribution is -0.385. The van der Waals surface area contributed by atoms with Gasteiger partial charge in [0.2, 0.25) is 5.91 Å². The van der Waals surface area contributed by atoms with Crippen molar-refractivity contribution in [3.05, 3.63) is 69.8 Å². The summed E-state index contributed by atoms with van der Waals surface area (Å²) in [6, 6.07) is 13.8. The van der Waals surface area contributed by atoms with Gasteiger partial charge in [-0.15, -0.1) is 0 Å². The van der Waals surface area contributed by atoms with Gasteiger partial charge in [-0.1, -0.05) is 30.3 Å². The second kappa shape index (κ2) is 9.64. The highest BCUT2D eigenvalue weighted by molar-refractivity contribution is 6.06. The van der Waals surface area contributed by atoms with Crippen molar-refractivity contribution in [3.63, 3.8) is 0 Å². The minimum atomic E-state index is -1.08. The van der Waals surface area contributed by atoms with Crippen LogP contribution in [0.25, 0.3) is 0 Å². The molecule has 0 bridgehead atoms. The van der Waals surface area contributed by atoms with Gasteiger partial charge in [-0.05, 0) is 44.9 Å². The van der Waals surface area contributed by atoms with Crippen LogP contribution in [0.4, 0.5) is 11.4 Å². The number of benzene rings is 2.